The van der Waals surface area contributed by atoms with Crippen LogP contribution in [0.15, 0.2) is 24.3 Å². The van der Waals surface area contributed by atoms with Crippen molar-refractivity contribution >= 4 is 11.8 Å². The molecule has 2 saturated heterocycles. The van der Waals surface area contributed by atoms with Gasteiger partial charge in [-0.15, -0.1) is 13.2 Å². The van der Waals surface area contributed by atoms with Crippen LogP contribution in [-0.4, -0.2) is 49.1 Å². The van der Waals surface area contributed by atoms with Crippen molar-refractivity contribution in [2.45, 2.75) is 46.6 Å². The fraction of sp³-hybridized carbons (Fsp3) is 0.650. The fourth-order valence-corrected chi connectivity index (χ4v) is 4.16. The number of nitrogens with zero attached hydrogens (tertiary/aromatic N) is 2. The number of benzene rings is 1. The average molecular weight is 400 g/mol. The highest BCUT2D eigenvalue weighted by molar-refractivity contribution is 5.69. The Labute approximate surface area is 163 Å². The van der Waals surface area contributed by atoms with Crippen LogP contribution in [0.1, 0.15) is 34.6 Å². The Morgan fingerprint density at radius 2 is 1.46 bits per heavy atom. The third-order valence-corrected chi connectivity index (χ3v) is 5.70. The van der Waals surface area contributed by atoms with Crippen LogP contribution in [0, 0.1) is 10.8 Å². The van der Waals surface area contributed by atoms with Gasteiger partial charge in [0.25, 0.3) is 0 Å². The molecule has 8 heteroatoms. The third-order valence-electron chi connectivity index (χ3n) is 5.70. The number of rotatable bonds is 2. The lowest BCUT2D eigenvalue weighted by molar-refractivity contribution is -0.274. The minimum Gasteiger partial charge on any atom is -0.444 e. The number of anilines is 1. The van der Waals surface area contributed by atoms with E-state index in [0.717, 1.165) is 5.69 Å². The Morgan fingerprint density at radius 3 is 1.89 bits per heavy atom. The van der Waals surface area contributed by atoms with Gasteiger partial charge in [-0.05, 0) is 45.0 Å². The van der Waals surface area contributed by atoms with Crippen molar-refractivity contribution in [3.63, 3.8) is 0 Å². The molecule has 2 fully saturated rings. The first kappa shape index (κ1) is 20.6. The minimum atomic E-state index is -4.70. The largest absolute Gasteiger partial charge is 0.573 e. The zero-order valence-electron chi connectivity index (χ0n) is 16.9. The molecule has 0 aliphatic carbocycles. The summed E-state index contributed by atoms with van der Waals surface area (Å²) in [5, 5.41) is 0. The second kappa shape index (κ2) is 6.46. The Morgan fingerprint density at radius 1 is 0.964 bits per heavy atom. The maximum absolute atomic E-state index is 12.5. The third kappa shape index (κ3) is 4.15. The van der Waals surface area contributed by atoms with Gasteiger partial charge >= 0.3 is 12.5 Å². The van der Waals surface area contributed by atoms with Crippen LogP contribution < -0.4 is 9.64 Å². The summed E-state index contributed by atoms with van der Waals surface area (Å²) >= 11 is 0. The van der Waals surface area contributed by atoms with Crippen molar-refractivity contribution in [2.24, 2.45) is 10.8 Å². The molecule has 0 unspecified atom stereocenters. The van der Waals surface area contributed by atoms with E-state index in [1.54, 1.807) is 17.0 Å². The van der Waals surface area contributed by atoms with E-state index in [1.165, 1.54) is 12.1 Å². The Bertz CT molecular complexity index is 725. The number of likely N-dealkylation sites (tertiary alicyclic amines) is 1. The Balaban J connectivity index is 1.69. The summed E-state index contributed by atoms with van der Waals surface area (Å²) < 4.78 is 46.4. The van der Waals surface area contributed by atoms with Gasteiger partial charge in [-0.25, -0.2) is 4.79 Å². The molecule has 0 spiro atoms. The van der Waals surface area contributed by atoms with Crippen molar-refractivity contribution in [1.29, 1.82) is 0 Å². The number of halogens is 3. The number of carbonyl (C=O) groups is 1. The van der Waals surface area contributed by atoms with Gasteiger partial charge in [-0.3, -0.25) is 0 Å². The summed E-state index contributed by atoms with van der Waals surface area (Å²) in [7, 11) is 0. The quantitative estimate of drug-likeness (QED) is 0.724. The fourth-order valence-electron chi connectivity index (χ4n) is 4.16. The molecule has 2 aliphatic rings. The number of hydrogen-bond acceptors (Lipinski definition) is 4. The molecule has 2 atom stereocenters. The number of fused-ring (bicyclic) bond motifs is 1. The zero-order chi connectivity index (χ0) is 21.0. The summed E-state index contributed by atoms with van der Waals surface area (Å²) in [4.78, 5) is 16.4. The molecule has 28 heavy (non-hydrogen) atoms. The summed E-state index contributed by atoms with van der Waals surface area (Å²) in [6.07, 6.45) is -5.00. The first-order valence-electron chi connectivity index (χ1n) is 9.29. The van der Waals surface area contributed by atoms with E-state index in [0.29, 0.717) is 26.2 Å². The second-order valence-electron chi connectivity index (χ2n) is 9.36. The maximum Gasteiger partial charge on any atom is 0.573 e. The standard InChI is InChI=1S/C20H27F3N2O3/c1-17(2,3)28-16(26)25-12-18(4)10-24(11-19(18,5)13-25)14-6-8-15(9-7-14)27-20(21,22)23/h6-9H,10-13H2,1-5H3/t18-,19+. The molecule has 1 aromatic rings. The average Bonchev–Trinajstić information content (AvgIpc) is 2.89. The van der Waals surface area contributed by atoms with Crippen LogP contribution in [0.25, 0.3) is 0 Å². The van der Waals surface area contributed by atoms with Crippen molar-refractivity contribution in [1.82, 2.24) is 4.90 Å². The predicted octanol–water partition coefficient (Wildman–Crippen LogP) is 4.67. The van der Waals surface area contributed by atoms with Crippen LogP contribution in [0.4, 0.5) is 23.7 Å². The molecule has 0 N–H and O–H groups in total. The molecule has 3 rings (SSSR count). The van der Waals surface area contributed by atoms with Crippen molar-refractivity contribution in [3.05, 3.63) is 24.3 Å². The van der Waals surface area contributed by atoms with Gasteiger partial charge in [0.05, 0.1) is 0 Å². The lowest BCUT2D eigenvalue weighted by Crippen LogP contribution is -2.39. The smallest absolute Gasteiger partial charge is 0.444 e. The number of alkyl halides is 3. The first-order chi connectivity index (χ1) is 12.7. The van der Waals surface area contributed by atoms with Crippen LogP contribution in [0.5, 0.6) is 5.75 Å². The molecule has 1 aromatic carbocycles. The van der Waals surface area contributed by atoms with Gasteiger partial charge in [0.1, 0.15) is 11.4 Å². The maximum atomic E-state index is 12.5. The zero-order valence-corrected chi connectivity index (χ0v) is 16.9. The van der Waals surface area contributed by atoms with Crippen LogP contribution in [0.2, 0.25) is 0 Å². The number of carbonyl (C=O) groups excluding carboxylic acids is 1. The summed E-state index contributed by atoms with van der Waals surface area (Å²) in [5.74, 6) is -0.232. The highest BCUT2D eigenvalue weighted by Gasteiger charge is 2.59. The normalized spacial score (nSPS) is 27.7. The minimum absolute atomic E-state index is 0.134. The van der Waals surface area contributed by atoms with Crippen molar-refractivity contribution < 1.29 is 27.4 Å². The monoisotopic (exact) mass is 400 g/mol. The molecule has 5 nitrogen and oxygen atoms in total. The Kier molecular flexibility index (Phi) is 4.75. The molecule has 0 aromatic heterocycles. The molecule has 2 aliphatic heterocycles. The van der Waals surface area contributed by atoms with Gasteiger partial charge in [0, 0.05) is 42.7 Å². The van der Waals surface area contributed by atoms with Crippen molar-refractivity contribution in [3.8, 4) is 5.75 Å². The van der Waals surface area contributed by atoms with Gasteiger partial charge in [0.15, 0.2) is 0 Å². The van der Waals surface area contributed by atoms with Gasteiger partial charge < -0.3 is 19.3 Å². The van der Waals surface area contributed by atoms with E-state index in [2.05, 4.69) is 23.5 Å². The van der Waals surface area contributed by atoms with Crippen LogP contribution in [-0.2, 0) is 4.74 Å². The lowest BCUT2D eigenvalue weighted by Gasteiger charge is -2.29. The molecular formula is C20H27F3N2O3. The summed E-state index contributed by atoms with van der Waals surface area (Å²) in [6, 6.07) is 5.93. The Hall–Kier alpha value is -2.12. The van der Waals surface area contributed by atoms with Gasteiger partial charge in [0.2, 0.25) is 0 Å². The molecule has 0 radical (unpaired) electrons. The van der Waals surface area contributed by atoms with E-state index < -0.39 is 12.0 Å². The lowest BCUT2D eigenvalue weighted by atomic mass is 9.71. The second-order valence-corrected chi connectivity index (χ2v) is 9.36. The van der Waals surface area contributed by atoms with E-state index >= 15 is 0 Å². The number of ether oxygens (including phenoxy) is 2. The topological polar surface area (TPSA) is 42.0 Å². The summed E-state index contributed by atoms with van der Waals surface area (Å²) in [6.45, 7) is 12.4. The van der Waals surface area contributed by atoms with E-state index in [-0.39, 0.29) is 22.7 Å². The number of amides is 1. The highest BCUT2D eigenvalue weighted by Crippen LogP contribution is 2.52. The predicted molar refractivity (Wildman–Crippen MR) is 99.4 cm³/mol. The van der Waals surface area contributed by atoms with E-state index in [9.17, 15) is 18.0 Å². The molecular weight excluding hydrogens is 373 g/mol. The summed E-state index contributed by atoms with van der Waals surface area (Å²) in [5.41, 5.74) is 0.0362. The highest BCUT2D eigenvalue weighted by atomic mass is 19.4. The van der Waals surface area contributed by atoms with E-state index in [1.807, 2.05) is 20.8 Å². The molecule has 0 bridgehead atoms. The van der Waals surface area contributed by atoms with Gasteiger partial charge in [-0.1, -0.05) is 13.8 Å². The van der Waals surface area contributed by atoms with Crippen LogP contribution >= 0.6 is 0 Å². The van der Waals surface area contributed by atoms with E-state index in [4.69, 9.17) is 4.74 Å². The molecule has 2 heterocycles. The first-order valence-corrected chi connectivity index (χ1v) is 9.29. The van der Waals surface area contributed by atoms with Crippen LogP contribution in [0.3, 0.4) is 0 Å². The van der Waals surface area contributed by atoms with Crippen molar-refractivity contribution in [2.75, 3.05) is 31.1 Å². The van der Waals surface area contributed by atoms with Gasteiger partial charge in [-0.2, -0.15) is 0 Å². The molecule has 1 amide bonds. The number of hydrogen-bond donors (Lipinski definition) is 0. The SMILES string of the molecule is CC(C)(C)OC(=O)N1C[C@@]2(C)CN(c3ccc(OC(F)(F)F)cc3)C[C@@]2(C)C1. The molecule has 0 saturated carbocycles. The molecule has 156 valence electrons.